The maximum absolute atomic E-state index is 12.1. The molecule has 1 unspecified atom stereocenters. The van der Waals surface area contributed by atoms with E-state index < -0.39 is 11.0 Å². The number of nitrogens with one attached hydrogen (secondary N) is 2. The number of hydrogen-bond acceptors (Lipinski definition) is 8. The average Bonchev–Trinajstić information content (AvgIpc) is 3.64. The topological polar surface area (TPSA) is 154 Å². The molecule has 2 aromatic heterocycles. The average molecular weight is 484 g/mol. The van der Waals surface area contributed by atoms with Crippen molar-refractivity contribution in [3.63, 3.8) is 0 Å². The SMILES string of the molecule is CC(C)(C)C1CN(c2ccc([N+](=O)[O-])c(Nc3ccnc(NC(=O)C4CC4)c3)n2)CCN1C(=O)O. The fraction of sp³-hybridized carbons (Fsp3) is 0.478. The van der Waals surface area contributed by atoms with Crippen LogP contribution in [0.1, 0.15) is 33.6 Å². The summed E-state index contributed by atoms with van der Waals surface area (Å²) in [5.41, 5.74) is -0.0233. The summed E-state index contributed by atoms with van der Waals surface area (Å²) >= 11 is 0. The van der Waals surface area contributed by atoms with E-state index in [0.29, 0.717) is 37.0 Å². The lowest BCUT2D eigenvalue weighted by molar-refractivity contribution is -0.384. The molecule has 0 radical (unpaired) electrons. The number of amides is 2. The highest BCUT2D eigenvalue weighted by Gasteiger charge is 2.38. The van der Waals surface area contributed by atoms with E-state index >= 15 is 0 Å². The van der Waals surface area contributed by atoms with Crippen molar-refractivity contribution in [3.05, 3.63) is 40.6 Å². The van der Waals surface area contributed by atoms with Gasteiger partial charge in [0.1, 0.15) is 11.6 Å². The Morgan fingerprint density at radius 1 is 1.20 bits per heavy atom. The first kappa shape index (κ1) is 24.2. The molecule has 2 fully saturated rings. The fourth-order valence-corrected chi connectivity index (χ4v) is 4.11. The lowest BCUT2D eigenvalue weighted by Crippen LogP contribution is -2.59. The van der Waals surface area contributed by atoms with Crippen molar-refractivity contribution in [2.24, 2.45) is 11.3 Å². The molecule has 3 heterocycles. The van der Waals surface area contributed by atoms with Gasteiger partial charge in [0.25, 0.3) is 0 Å². The Hall–Kier alpha value is -3.96. The van der Waals surface area contributed by atoms with Gasteiger partial charge in [-0.3, -0.25) is 14.9 Å². The summed E-state index contributed by atoms with van der Waals surface area (Å²) < 4.78 is 0. The monoisotopic (exact) mass is 483 g/mol. The molecule has 2 aromatic rings. The van der Waals surface area contributed by atoms with Crippen molar-refractivity contribution in [1.29, 1.82) is 0 Å². The minimum absolute atomic E-state index is 0.0198. The zero-order valence-electron chi connectivity index (χ0n) is 19.9. The van der Waals surface area contributed by atoms with Crippen molar-refractivity contribution in [2.75, 3.05) is 35.2 Å². The van der Waals surface area contributed by atoms with Crippen molar-refractivity contribution in [2.45, 2.75) is 39.7 Å². The molecule has 2 aliphatic rings. The van der Waals surface area contributed by atoms with Crippen LogP contribution < -0.4 is 15.5 Å². The molecular formula is C23H29N7O5. The van der Waals surface area contributed by atoms with E-state index in [2.05, 4.69) is 20.6 Å². The van der Waals surface area contributed by atoms with Gasteiger partial charge in [0, 0.05) is 49.6 Å². The van der Waals surface area contributed by atoms with Crippen LogP contribution in [0.15, 0.2) is 30.5 Å². The van der Waals surface area contributed by atoms with Crippen LogP contribution in [0.3, 0.4) is 0 Å². The summed E-state index contributed by atoms with van der Waals surface area (Å²) in [6.07, 6.45) is 2.26. The molecule has 186 valence electrons. The smallest absolute Gasteiger partial charge is 0.407 e. The van der Waals surface area contributed by atoms with E-state index in [0.717, 1.165) is 12.8 Å². The first-order valence-corrected chi connectivity index (χ1v) is 11.5. The number of pyridine rings is 2. The van der Waals surface area contributed by atoms with Gasteiger partial charge in [-0.15, -0.1) is 0 Å². The molecule has 1 aliphatic carbocycles. The minimum atomic E-state index is -0.967. The minimum Gasteiger partial charge on any atom is -0.465 e. The molecule has 12 nitrogen and oxygen atoms in total. The second-order valence-corrected chi connectivity index (χ2v) is 9.92. The first-order valence-electron chi connectivity index (χ1n) is 11.5. The number of anilines is 4. The third-order valence-corrected chi connectivity index (χ3v) is 6.23. The van der Waals surface area contributed by atoms with Gasteiger partial charge in [0.15, 0.2) is 0 Å². The fourth-order valence-electron chi connectivity index (χ4n) is 4.11. The molecule has 2 amide bonds. The van der Waals surface area contributed by atoms with Gasteiger partial charge in [0.05, 0.1) is 11.0 Å². The van der Waals surface area contributed by atoms with Crippen LogP contribution in [0.25, 0.3) is 0 Å². The van der Waals surface area contributed by atoms with Gasteiger partial charge < -0.3 is 25.5 Å². The van der Waals surface area contributed by atoms with E-state index in [9.17, 15) is 24.8 Å². The van der Waals surface area contributed by atoms with Gasteiger partial charge in [-0.25, -0.2) is 14.8 Å². The number of aromatic nitrogens is 2. The zero-order chi connectivity index (χ0) is 25.3. The van der Waals surface area contributed by atoms with Crippen LogP contribution in [0.4, 0.5) is 33.6 Å². The molecule has 1 atom stereocenters. The van der Waals surface area contributed by atoms with Crippen LogP contribution in [0, 0.1) is 21.4 Å². The molecule has 0 aromatic carbocycles. The van der Waals surface area contributed by atoms with Crippen LogP contribution >= 0.6 is 0 Å². The van der Waals surface area contributed by atoms with Gasteiger partial charge in [0.2, 0.25) is 11.7 Å². The summed E-state index contributed by atoms with van der Waals surface area (Å²) in [5.74, 6) is 0.837. The molecule has 12 heteroatoms. The van der Waals surface area contributed by atoms with Crippen LogP contribution in [0.2, 0.25) is 0 Å². The van der Waals surface area contributed by atoms with Crippen LogP contribution in [0.5, 0.6) is 0 Å². The predicted molar refractivity (Wildman–Crippen MR) is 130 cm³/mol. The third-order valence-electron chi connectivity index (χ3n) is 6.23. The second-order valence-electron chi connectivity index (χ2n) is 9.92. The van der Waals surface area contributed by atoms with Crippen LogP contribution in [-0.4, -0.2) is 62.6 Å². The van der Waals surface area contributed by atoms with Crippen molar-refractivity contribution >= 4 is 40.8 Å². The largest absolute Gasteiger partial charge is 0.465 e. The normalized spacial score (nSPS) is 18.2. The molecule has 1 saturated heterocycles. The Balaban J connectivity index is 1.58. The lowest BCUT2D eigenvalue weighted by atomic mass is 9.84. The summed E-state index contributed by atoms with van der Waals surface area (Å²) in [6, 6.07) is 5.91. The third kappa shape index (κ3) is 5.58. The summed E-state index contributed by atoms with van der Waals surface area (Å²) in [5, 5.41) is 27.0. The van der Waals surface area contributed by atoms with Gasteiger partial charge >= 0.3 is 11.8 Å². The molecule has 0 spiro atoms. The number of nitro groups is 1. The highest BCUT2D eigenvalue weighted by atomic mass is 16.6. The summed E-state index contributed by atoms with van der Waals surface area (Å²) in [6.45, 7) is 7.07. The maximum Gasteiger partial charge on any atom is 0.407 e. The van der Waals surface area contributed by atoms with E-state index in [4.69, 9.17) is 0 Å². The molecule has 35 heavy (non-hydrogen) atoms. The Morgan fingerprint density at radius 3 is 2.57 bits per heavy atom. The lowest BCUT2D eigenvalue weighted by Gasteiger charge is -2.46. The molecular weight excluding hydrogens is 454 g/mol. The van der Waals surface area contributed by atoms with E-state index in [1.807, 2.05) is 25.7 Å². The number of nitrogens with zero attached hydrogens (tertiary/aromatic N) is 5. The Bertz CT molecular complexity index is 1150. The van der Waals surface area contributed by atoms with E-state index in [1.165, 1.54) is 17.2 Å². The van der Waals surface area contributed by atoms with Crippen molar-refractivity contribution in [1.82, 2.24) is 14.9 Å². The molecule has 0 bridgehead atoms. The second kappa shape index (κ2) is 9.35. The van der Waals surface area contributed by atoms with Gasteiger partial charge in [-0.1, -0.05) is 20.8 Å². The number of carbonyl (C=O) groups excluding carboxylic acids is 1. The van der Waals surface area contributed by atoms with Crippen molar-refractivity contribution in [3.8, 4) is 0 Å². The Kier molecular flexibility index (Phi) is 6.46. The number of piperazine rings is 1. The van der Waals surface area contributed by atoms with Gasteiger partial charge in [-0.05, 0) is 30.4 Å². The Labute approximate surface area is 202 Å². The number of carboxylic acid groups (broad SMARTS) is 1. The zero-order valence-corrected chi connectivity index (χ0v) is 19.9. The first-order chi connectivity index (χ1) is 16.5. The quantitative estimate of drug-likeness (QED) is 0.412. The number of rotatable bonds is 6. The van der Waals surface area contributed by atoms with Crippen molar-refractivity contribution < 1.29 is 19.6 Å². The molecule has 4 rings (SSSR count). The van der Waals surface area contributed by atoms with Gasteiger partial charge in [-0.2, -0.15) is 0 Å². The predicted octanol–water partition coefficient (Wildman–Crippen LogP) is 3.69. The Morgan fingerprint density at radius 2 is 1.94 bits per heavy atom. The maximum atomic E-state index is 12.1. The highest BCUT2D eigenvalue weighted by Crippen LogP contribution is 2.33. The molecule has 1 aliphatic heterocycles. The standard InChI is InChI=1S/C23H29N7O5/c1-23(2,3)17-13-28(10-11-29(17)22(32)33)19-7-6-16(30(34)35)20(27-19)25-15-8-9-24-18(12-15)26-21(31)14-4-5-14/h6-9,12,14,17H,4-5,10-11,13H2,1-3H3,(H,32,33)(H2,24,25,26,27,31). The van der Waals surface area contributed by atoms with E-state index in [1.54, 1.807) is 18.2 Å². The molecule has 1 saturated carbocycles. The van der Waals surface area contributed by atoms with Crippen LogP contribution in [-0.2, 0) is 4.79 Å². The summed E-state index contributed by atoms with van der Waals surface area (Å²) in [4.78, 5) is 47.0. The van der Waals surface area contributed by atoms with E-state index in [-0.39, 0.29) is 34.8 Å². The highest BCUT2D eigenvalue weighted by molar-refractivity contribution is 5.93. The number of hydrogen-bond donors (Lipinski definition) is 3. The summed E-state index contributed by atoms with van der Waals surface area (Å²) in [7, 11) is 0. The molecule has 3 N–H and O–H groups in total. The number of carbonyl (C=O) groups is 2.